The molecule has 0 unspecified atom stereocenters. The van der Waals surface area contributed by atoms with E-state index in [1.54, 1.807) is 24.3 Å². The van der Waals surface area contributed by atoms with E-state index in [9.17, 15) is 14.7 Å². The van der Waals surface area contributed by atoms with Crippen LogP contribution in [0.2, 0.25) is 5.02 Å². The highest BCUT2D eigenvalue weighted by Gasteiger charge is 2.33. The fourth-order valence-corrected chi connectivity index (χ4v) is 5.22. The first-order valence-electron chi connectivity index (χ1n) is 12.5. The molecule has 0 radical (unpaired) electrons. The van der Waals surface area contributed by atoms with Gasteiger partial charge in [0, 0.05) is 21.7 Å². The van der Waals surface area contributed by atoms with Gasteiger partial charge in [0.2, 0.25) is 0 Å². The Kier molecular flexibility index (Phi) is 6.18. The molecule has 0 bridgehead atoms. The number of carbonyl (C=O) groups excluding carboxylic acids is 1. The van der Waals surface area contributed by atoms with Crippen molar-refractivity contribution in [3.8, 4) is 22.5 Å². The van der Waals surface area contributed by atoms with Crippen molar-refractivity contribution in [1.29, 1.82) is 0 Å². The van der Waals surface area contributed by atoms with Crippen molar-refractivity contribution in [2.24, 2.45) is 5.92 Å². The van der Waals surface area contributed by atoms with E-state index in [0.717, 1.165) is 29.4 Å². The highest BCUT2D eigenvalue weighted by atomic mass is 35.5. The largest absolute Gasteiger partial charge is 0.478 e. The summed E-state index contributed by atoms with van der Waals surface area (Å²) in [6.45, 7) is 0. The number of carboxylic acids is 1. The predicted molar refractivity (Wildman–Crippen MR) is 148 cm³/mol. The first-order valence-corrected chi connectivity index (χ1v) is 12.8. The third kappa shape index (κ3) is 4.55. The summed E-state index contributed by atoms with van der Waals surface area (Å²) in [5, 5.41) is 13.7. The molecule has 6 nitrogen and oxygen atoms in total. The molecule has 5 aromatic rings. The number of H-pyrrole nitrogens is 1. The van der Waals surface area contributed by atoms with Crippen LogP contribution in [-0.4, -0.2) is 27.0 Å². The lowest BCUT2D eigenvalue weighted by Gasteiger charge is -2.19. The van der Waals surface area contributed by atoms with Gasteiger partial charge in [-0.2, -0.15) is 0 Å². The first-order chi connectivity index (χ1) is 18.5. The molecule has 0 saturated heterocycles. The van der Waals surface area contributed by atoms with Gasteiger partial charge in [-0.15, -0.1) is 0 Å². The molecule has 0 aliphatic heterocycles. The zero-order valence-corrected chi connectivity index (χ0v) is 21.1. The molecule has 1 aromatic heterocycles. The zero-order chi connectivity index (χ0) is 26.2. The van der Waals surface area contributed by atoms with E-state index >= 15 is 0 Å². The predicted octanol–water partition coefficient (Wildman–Crippen LogP) is 7.13. The summed E-state index contributed by atoms with van der Waals surface area (Å²) in [5.74, 6) is -0.491. The number of aromatic amines is 1. The van der Waals surface area contributed by atoms with Gasteiger partial charge in [0.1, 0.15) is 5.82 Å². The number of para-hydroxylation sites is 2. The number of benzene rings is 4. The van der Waals surface area contributed by atoms with Gasteiger partial charge < -0.3 is 15.4 Å². The number of nitrogens with one attached hydrogen (secondary N) is 2. The molecule has 7 heteroatoms. The Labute approximate surface area is 224 Å². The van der Waals surface area contributed by atoms with Crippen molar-refractivity contribution in [3.63, 3.8) is 0 Å². The average molecular weight is 522 g/mol. The summed E-state index contributed by atoms with van der Waals surface area (Å²) >= 11 is 6.66. The van der Waals surface area contributed by atoms with Gasteiger partial charge in [-0.25, -0.2) is 9.78 Å². The van der Waals surface area contributed by atoms with E-state index in [1.807, 2.05) is 60.7 Å². The second kappa shape index (κ2) is 9.80. The number of carboxylic acid groups (broad SMARTS) is 1. The zero-order valence-electron chi connectivity index (χ0n) is 20.3. The molecule has 188 valence electrons. The molecule has 1 heterocycles. The molecule has 1 fully saturated rings. The minimum absolute atomic E-state index is 0.00852. The number of imidazole rings is 1. The van der Waals surface area contributed by atoms with Gasteiger partial charge in [0.15, 0.2) is 0 Å². The van der Waals surface area contributed by atoms with Crippen LogP contribution in [0.3, 0.4) is 0 Å². The lowest BCUT2D eigenvalue weighted by atomic mass is 9.93. The number of fused-ring (bicyclic) bond motifs is 1. The molecule has 1 atom stereocenters. The maximum atomic E-state index is 13.3. The van der Waals surface area contributed by atoms with E-state index in [2.05, 4.69) is 15.3 Å². The Morgan fingerprint density at radius 2 is 1.68 bits per heavy atom. The molecular weight excluding hydrogens is 498 g/mol. The number of aromatic nitrogens is 2. The average Bonchev–Trinajstić information content (AvgIpc) is 3.69. The van der Waals surface area contributed by atoms with Crippen molar-refractivity contribution in [1.82, 2.24) is 15.3 Å². The van der Waals surface area contributed by atoms with Crippen LogP contribution < -0.4 is 5.32 Å². The summed E-state index contributed by atoms with van der Waals surface area (Å²) in [6, 6.07) is 27.5. The second-order valence-electron chi connectivity index (χ2n) is 9.53. The standard InChI is InChI=1S/C31H24ClN3O3/c32-24-10-6-9-22(29-33-25-11-4-5-12-26(25)34-29)27(24)21-16-15-20(17-23(21)31(37)38)30(36)35-28(19-13-14-19)18-7-2-1-3-8-18/h1-12,15-17,19,28H,13-14H2,(H,33,34)(H,35,36)(H,37,38)/t28-/m1/s1. The molecule has 1 saturated carbocycles. The number of amides is 1. The molecule has 3 N–H and O–H groups in total. The fourth-order valence-electron chi connectivity index (χ4n) is 4.94. The molecule has 6 rings (SSSR count). The van der Waals surface area contributed by atoms with Crippen LogP contribution in [0, 0.1) is 5.92 Å². The Morgan fingerprint density at radius 3 is 2.42 bits per heavy atom. The van der Waals surface area contributed by atoms with Crippen molar-refractivity contribution < 1.29 is 14.7 Å². The van der Waals surface area contributed by atoms with Crippen LogP contribution in [0.25, 0.3) is 33.5 Å². The van der Waals surface area contributed by atoms with Crippen LogP contribution in [-0.2, 0) is 0 Å². The van der Waals surface area contributed by atoms with Gasteiger partial charge in [0.25, 0.3) is 5.91 Å². The summed E-state index contributed by atoms with van der Waals surface area (Å²) in [7, 11) is 0. The lowest BCUT2D eigenvalue weighted by Crippen LogP contribution is -2.30. The van der Waals surface area contributed by atoms with Gasteiger partial charge >= 0.3 is 5.97 Å². The second-order valence-corrected chi connectivity index (χ2v) is 9.94. The summed E-state index contributed by atoms with van der Waals surface area (Å²) in [5.41, 5.74) is 4.60. The minimum Gasteiger partial charge on any atom is -0.478 e. The number of rotatable bonds is 7. The van der Waals surface area contributed by atoms with Crippen molar-refractivity contribution >= 4 is 34.5 Å². The van der Waals surface area contributed by atoms with Gasteiger partial charge in [-0.1, -0.05) is 72.3 Å². The number of hydrogen-bond acceptors (Lipinski definition) is 3. The Bertz CT molecular complexity index is 1640. The molecule has 4 aromatic carbocycles. The fraction of sp³-hybridized carbons (Fsp3) is 0.129. The van der Waals surface area contributed by atoms with Crippen LogP contribution in [0.4, 0.5) is 0 Å². The molecule has 0 spiro atoms. The third-order valence-corrected chi connectivity index (χ3v) is 7.29. The van der Waals surface area contributed by atoms with Gasteiger partial charge in [-0.3, -0.25) is 4.79 Å². The smallest absolute Gasteiger partial charge is 0.336 e. The van der Waals surface area contributed by atoms with Crippen molar-refractivity contribution in [3.05, 3.63) is 113 Å². The van der Waals surface area contributed by atoms with Crippen LogP contribution >= 0.6 is 11.6 Å². The van der Waals surface area contributed by atoms with Crippen molar-refractivity contribution in [2.45, 2.75) is 18.9 Å². The first kappa shape index (κ1) is 23.9. The number of carbonyl (C=O) groups is 2. The SMILES string of the molecule is O=C(N[C@H](c1ccccc1)C1CC1)c1ccc(-c2c(Cl)cccc2-c2nc3ccccc3[nH]2)c(C(=O)O)c1. The quantitative estimate of drug-likeness (QED) is 0.212. The number of aromatic carboxylic acids is 1. The molecule has 1 aliphatic carbocycles. The van der Waals surface area contributed by atoms with Gasteiger partial charge in [-0.05, 0) is 60.2 Å². The number of nitrogens with zero attached hydrogens (tertiary/aromatic N) is 1. The normalized spacial score (nSPS) is 13.8. The van der Waals surface area contributed by atoms with Crippen LogP contribution in [0.1, 0.15) is 45.2 Å². The Hall–Kier alpha value is -4.42. The van der Waals surface area contributed by atoms with E-state index in [-0.39, 0.29) is 23.1 Å². The maximum Gasteiger partial charge on any atom is 0.336 e. The maximum absolute atomic E-state index is 13.3. The van der Waals surface area contributed by atoms with Crippen LogP contribution in [0.15, 0.2) is 91.0 Å². The van der Waals surface area contributed by atoms with Crippen LogP contribution in [0.5, 0.6) is 0 Å². The van der Waals surface area contributed by atoms with Gasteiger partial charge in [0.05, 0.1) is 22.6 Å². The Balaban J connectivity index is 1.39. The van der Waals surface area contributed by atoms with E-state index in [1.165, 1.54) is 6.07 Å². The highest BCUT2D eigenvalue weighted by Crippen LogP contribution is 2.42. The van der Waals surface area contributed by atoms with E-state index < -0.39 is 5.97 Å². The molecule has 1 amide bonds. The van der Waals surface area contributed by atoms with Crippen molar-refractivity contribution in [2.75, 3.05) is 0 Å². The van der Waals surface area contributed by atoms with E-state index in [4.69, 9.17) is 11.6 Å². The highest BCUT2D eigenvalue weighted by molar-refractivity contribution is 6.34. The molecule has 1 aliphatic rings. The minimum atomic E-state index is -1.15. The lowest BCUT2D eigenvalue weighted by molar-refractivity contribution is 0.0697. The number of hydrogen-bond donors (Lipinski definition) is 3. The molecular formula is C31H24ClN3O3. The summed E-state index contributed by atoms with van der Waals surface area (Å²) in [4.78, 5) is 33.7. The summed E-state index contributed by atoms with van der Waals surface area (Å²) < 4.78 is 0. The molecule has 38 heavy (non-hydrogen) atoms. The summed E-state index contributed by atoms with van der Waals surface area (Å²) in [6.07, 6.45) is 2.10. The monoisotopic (exact) mass is 521 g/mol. The third-order valence-electron chi connectivity index (χ3n) is 6.98. The van der Waals surface area contributed by atoms with E-state index in [0.29, 0.717) is 33.5 Å². The topological polar surface area (TPSA) is 95.1 Å². The number of halogens is 1. The Morgan fingerprint density at radius 1 is 0.921 bits per heavy atom.